The van der Waals surface area contributed by atoms with E-state index >= 15 is 0 Å². The molecule has 0 unspecified atom stereocenters. The second-order valence-electron chi connectivity index (χ2n) is 6.20. The minimum atomic E-state index is -4.75. The molecule has 0 aliphatic heterocycles. The highest BCUT2D eigenvalue weighted by atomic mass is 19.4. The number of hydrogen-bond acceptors (Lipinski definition) is 6. The van der Waals surface area contributed by atoms with Crippen molar-refractivity contribution in [2.24, 2.45) is 0 Å². The number of alkyl halides is 3. The van der Waals surface area contributed by atoms with E-state index in [0.717, 1.165) is 5.56 Å². The molecule has 6 nitrogen and oxygen atoms in total. The molecule has 0 radical (unpaired) electrons. The van der Waals surface area contributed by atoms with E-state index in [1.165, 1.54) is 18.2 Å². The Morgan fingerprint density at radius 2 is 1.86 bits per heavy atom. The van der Waals surface area contributed by atoms with Crippen molar-refractivity contribution in [3.05, 3.63) is 54.9 Å². The molecule has 0 fully saturated rings. The SMILES string of the molecule is CC(C)Nc1nc(Nc2cccc(OC(F)(F)F)c2)cc(-c2cccnc2)n1. The highest BCUT2D eigenvalue weighted by Gasteiger charge is 2.31. The van der Waals surface area contributed by atoms with Gasteiger partial charge in [0.25, 0.3) is 0 Å². The second kappa shape index (κ2) is 8.12. The Balaban J connectivity index is 1.92. The molecular formula is C19H18F3N5O. The second-order valence-corrected chi connectivity index (χ2v) is 6.20. The molecule has 0 amide bonds. The Labute approximate surface area is 159 Å². The molecule has 9 heteroatoms. The van der Waals surface area contributed by atoms with Gasteiger partial charge in [0, 0.05) is 41.8 Å². The molecule has 0 spiro atoms. The van der Waals surface area contributed by atoms with E-state index in [-0.39, 0.29) is 11.8 Å². The number of pyridine rings is 1. The van der Waals surface area contributed by atoms with Gasteiger partial charge in [-0.3, -0.25) is 4.98 Å². The fraction of sp³-hybridized carbons (Fsp3) is 0.211. The van der Waals surface area contributed by atoms with Gasteiger partial charge in [-0.25, -0.2) is 4.98 Å². The molecule has 2 aromatic heterocycles. The lowest BCUT2D eigenvalue weighted by atomic mass is 10.2. The van der Waals surface area contributed by atoms with Crippen molar-refractivity contribution >= 4 is 17.5 Å². The summed E-state index contributed by atoms with van der Waals surface area (Å²) in [6, 6.07) is 11.0. The third kappa shape index (κ3) is 5.57. The standard InChI is InChI=1S/C19H18F3N5O/c1-12(2)24-18-26-16(13-5-4-8-23-11-13)10-17(27-18)25-14-6-3-7-15(9-14)28-19(20,21)22/h3-12H,1-2H3,(H2,24,25,26,27). The summed E-state index contributed by atoms with van der Waals surface area (Å²) in [4.78, 5) is 12.9. The van der Waals surface area contributed by atoms with Crippen LogP contribution in [0.2, 0.25) is 0 Å². The number of nitrogens with one attached hydrogen (secondary N) is 2. The molecule has 0 saturated heterocycles. The number of benzene rings is 1. The minimum absolute atomic E-state index is 0.0977. The fourth-order valence-corrected chi connectivity index (χ4v) is 2.42. The quantitative estimate of drug-likeness (QED) is 0.618. The van der Waals surface area contributed by atoms with Crippen molar-refractivity contribution in [1.29, 1.82) is 0 Å². The largest absolute Gasteiger partial charge is 0.573 e. The Bertz CT molecular complexity index is 932. The van der Waals surface area contributed by atoms with Gasteiger partial charge in [0.2, 0.25) is 5.95 Å². The van der Waals surface area contributed by atoms with Crippen molar-refractivity contribution < 1.29 is 17.9 Å². The van der Waals surface area contributed by atoms with Gasteiger partial charge in [0.1, 0.15) is 11.6 Å². The van der Waals surface area contributed by atoms with Crippen molar-refractivity contribution in [3.63, 3.8) is 0 Å². The van der Waals surface area contributed by atoms with Gasteiger partial charge in [-0.2, -0.15) is 4.98 Å². The predicted molar refractivity (Wildman–Crippen MR) is 100 cm³/mol. The summed E-state index contributed by atoms with van der Waals surface area (Å²) < 4.78 is 41.3. The zero-order chi connectivity index (χ0) is 20.1. The summed E-state index contributed by atoms with van der Waals surface area (Å²) in [7, 11) is 0. The fourth-order valence-electron chi connectivity index (χ4n) is 2.42. The first-order valence-electron chi connectivity index (χ1n) is 8.47. The lowest BCUT2D eigenvalue weighted by Gasteiger charge is -2.14. The molecule has 0 atom stereocenters. The van der Waals surface area contributed by atoms with Crippen LogP contribution in [0.25, 0.3) is 11.3 Å². The Morgan fingerprint density at radius 1 is 1.04 bits per heavy atom. The van der Waals surface area contributed by atoms with Crippen LogP contribution in [0.3, 0.4) is 0 Å². The highest BCUT2D eigenvalue weighted by molar-refractivity contribution is 5.67. The van der Waals surface area contributed by atoms with E-state index in [9.17, 15) is 13.2 Å². The first-order chi connectivity index (χ1) is 13.3. The average Bonchev–Trinajstić information content (AvgIpc) is 2.60. The summed E-state index contributed by atoms with van der Waals surface area (Å²) in [5.41, 5.74) is 1.80. The van der Waals surface area contributed by atoms with Crippen LogP contribution in [0, 0.1) is 0 Å². The molecule has 0 saturated carbocycles. The minimum Gasteiger partial charge on any atom is -0.406 e. The van der Waals surface area contributed by atoms with Gasteiger partial charge >= 0.3 is 6.36 Å². The molecular weight excluding hydrogens is 371 g/mol. The maximum absolute atomic E-state index is 12.4. The van der Waals surface area contributed by atoms with E-state index in [4.69, 9.17) is 0 Å². The molecule has 0 aliphatic rings. The Morgan fingerprint density at radius 3 is 2.54 bits per heavy atom. The van der Waals surface area contributed by atoms with Crippen LogP contribution in [0.15, 0.2) is 54.9 Å². The monoisotopic (exact) mass is 389 g/mol. The van der Waals surface area contributed by atoms with Crippen molar-refractivity contribution in [2.75, 3.05) is 10.6 Å². The van der Waals surface area contributed by atoms with E-state index in [1.807, 2.05) is 19.9 Å². The number of ether oxygens (including phenoxy) is 1. The van der Waals surface area contributed by atoms with Gasteiger partial charge in [0.05, 0.1) is 5.69 Å². The molecule has 2 N–H and O–H groups in total. The Kier molecular flexibility index (Phi) is 5.62. The molecule has 28 heavy (non-hydrogen) atoms. The first kappa shape index (κ1) is 19.4. The molecule has 0 bridgehead atoms. The normalized spacial score (nSPS) is 11.4. The van der Waals surface area contributed by atoms with Crippen LogP contribution >= 0.6 is 0 Å². The maximum atomic E-state index is 12.4. The molecule has 2 heterocycles. The van der Waals surface area contributed by atoms with Crippen LogP contribution in [0.1, 0.15) is 13.8 Å². The lowest BCUT2D eigenvalue weighted by Crippen LogP contribution is -2.17. The van der Waals surface area contributed by atoms with Crippen LogP contribution in [0.4, 0.5) is 30.6 Å². The molecule has 3 aromatic rings. The van der Waals surface area contributed by atoms with Gasteiger partial charge in [-0.1, -0.05) is 6.07 Å². The van der Waals surface area contributed by atoms with Gasteiger partial charge in [-0.05, 0) is 38.1 Å². The van der Waals surface area contributed by atoms with Gasteiger partial charge < -0.3 is 15.4 Å². The van der Waals surface area contributed by atoms with Crippen molar-refractivity contribution in [3.8, 4) is 17.0 Å². The number of aromatic nitrogens is 3. The van der Waals surface area contributed by atoms with Crippen LogP contribution in [-0.4, -0.2) is 27.4 Å². The van der Waals surface area contributed by atoms with Gasteiger partial charge in [-0.15, -0.1) is 13.2 Å². The number of halogens is 3. The molecule has 0 aliphatic carbocycles. The number of hydrogen-bond donors (Lipinski definition) is 2. The van der Waals surface area contributed by atoms with Crippen molar-refractivity contribution in [1.82, 2.24) is 15.0 Å². The van der Waals surface area contributed by atoms with E-state index in [2.05, 4.69) is 30.3 Å². The number of anilines is 3. The smallest absolute Gasteiger partial charge is 0.406 e. The third-order valence-electron chi connectivity index (χ3n) is 3.44. The Hall–Kier alpha value is -3.36. The summed E-state index contributed by atoms with van der Waals surface area (Å²) >= 11 is 0. The third-order valence-corrected chi connectivity index (χ3v) is 3.44. The summed E-state index contributed by atoms with van der Waals surface area (Å²) in [6.45, 7) is 3.90. The highest BCUT2D eigenvalue weighted by Crippen LogP contribution is 2.28. The summed E-state index contributed by atoms with van der Waals surface area (Å²) in [6.07, 6.45) is -1.43. The molecule has 146 valence electrons. The number of rotatable bonds is 6. The molecule has 1 aromatic carbocycles. The van der Waals surface area contributed by atoms with Crippen LogP contribution in [0.5, 0.6) is 5.75 Å². The van der Waals surface area contributed by atoms with E-state index < -0.39 is 6.36 Å². The lowest BCUT2D eigenvalue weighted by molar-refractivity contribution is -0.274. The average molecular weight is 389 g/mol. The zero-order valence-electron chi connectivity index (χ0n) is 15.2. The van der Waals surface area contributed by atoms with Crippen LogP contribution < -0.4 is 15.4 Å². The maximum Gasteiger partial charge on any atom is 0.573 e. The summed E-state index contributed by atoms with van der Waals surface area (Å²) in [5.74, 6) is 0.488. The number of nitrogens with zero attached hydrogens (tertiary/aromatic N) is 3. The zero-order valence-corrected chi connectivity index (χ0v) is 15.2. The van der Waals surface area contributed by atoms with E-state index in [0.29, 0.717) is 23.1 Å². The first-order valence-corrected chi connectivity index (χ1v) is 8.47. The van der Waals surface area contributed by atoms with Gasteiger partial charge in [0.15, 0.2) is 0 Å². The van der Waals surface area contributed by atoms with Crippen molar-refractivity contribution in [2.45, 2.75) is 26.3 Å². The van der Waals surface area contributed by atoms with E-state index in [1.54, 1.807) is 30.6 Å². The predicted octanol–water partition coefficient (Wildman–Crippen LogP) is 5.00. The van der Waals surface area contributed by atoms with Crippen LogP contribution in [-0.2, 0) is 0 Å². The summed E-state index contributed by atoms with van der Waals surface area (Å²) in [5, 5.41) is 6.12. The molecule has 3 rings (SSSR count). The topological polar surface area (TPSA) is 72.0 Å².